The Morgan fingerprint density at radius 3 is 2.89 bits per heavy atom. The van der Waals surface area contributed by atoms with Crippen molar-refractivity contribution in [2.24, 2.45) is 0 Å². The summed E-state index contributed by atoms with van der Waals surface area (Å²) in [4.78, 5) is 6.65. The summed E-state index contributed by atoms with van der Waals surface area (Å²) in [6, 6.07) is 0.233. The molecule has 0 radical (unpaired) electrons. The second-order valence-corrected chi connectivity index (χ2v) is 4.99. The van der Waals surface area contributed by atoms with E-state index in [9.17, 15) is 0 Å². The molecule has 1 aromatic rings. The topological polar surface area (TPSA) is 63.4 Å². The smallest absolute Gasteiger partial charge is 0.266 e. The van der Waals surface area contributed by atoms with E-state index in [2.05, 4.69) is 27.3 Å². The molecule has 0 spiro atoms. The molecule has 19 heavy (non-hydrogen) atoms. The number of ether oxygens (including phenoxy) is 1. The molecule has 1 N–H and O–H groups in total. The van der Waals surface area contributed by atoms with Crippen molar-refractivity contribution in [2.75, 3.05) is 38.3 Å². The molecule has 1 saturated heterocycles. The minimum Gasteiger partial charge on any atom is -0.383 e. The Hall–Kier alpha value is -1.14. The van der Waals surface area contributed by atoms with Gasteiger partial charge >= 0.3 is 0 Å². The molecule has 2 heterocycles. The van der Waals surface area contributed by atoms with Crippen LogP contribution in [0.1, 0.15) is 32.1 Å². The van der Waals surface area contributed by atoms with Crippen molar-refractivity contribution in [3.63, 3.8) is 0 Å². The van der Waals surface area contributed by atoms with E-state index in [0.29, 0.717) is 18.9 Å². The summed E-state index contributed by atoms with van der Waals surface area (Å²) in [5.41, 5.74) is 0. The van der Waals surface area contributed by atoms with E-state index in [1.807, 2.05) is 0 Å². The van der Waals surface area contributed by atoms with Gasteiger partial charge in [0.25, 0.3) is 5.95 Å². The van der Waals surface area contributed by atoms with Gasteiger partial charge in [-0.05, 0) is 31.0 Å². The maximum Gasteiger partial charge on any atom is 0.266 e. The summed E-state index contributed by atoms with van der Waals surface area (Å²) in [5, 5.41) is 7.49. The van der Waals surface area contributed by atoms with Crippen molar-refractivity contribution in [3.8, 4) is 0 Å². The third-order valence-corrected chi connectivity index (χ3v) is 3.32. The third-order valence-electron chi connectivity index (χ3n) is 3.32. The van der Waals surface area contributed by atoms with Gasteiger partial charge in [-0.3, -0.25) is 0 Å². The van der Waals surface area contributed by atoms with Crippen molar-refractivity contribution < 1.29 is 9.26 Å². The first kappa shape index (κ1) is 14.3. The monoisotopic (exact) mass is 268 g/mol. The van der Waals surface area contributed by atoms with Crippen molar-refractivity contribution in [3.05, 3.63) is 5.89 Å². The van der Waals surface area contributed by atoms with Gasteiger partial charge in [0.15, 0.2) is 0 Å². The molecule has 1 aromatic heterocycles. The fourth-order valence-electron chi connectivity index (χ4n) is 2.32. The van der Waals surface area contributed by atoms with E-state index < -0.39 is 0 Å². The minimum atomic E-state index is 0.233. The van der Waals surface area contributed by atoms with Gasteiger partial charge in [0.05, 0.1) is 6.61 Å². The van der Waals surface area contributed by atoms with Crippen LogP contribution in [0, 0.1) is 0 Å². The molecular formula is C13H24N4O2. The zero-order valence-electron chi connectivity index (χ0n) is 11.9. The normalized spacial score (nSPS) is 17.1. The van der Waals surface area contributed by atoms with Crippen molar-refractivity contribution in [1.29, 1.82) is 0 Å². The average Bonchev–Trinajstić information content (AvgIpc) is 3.06. The molecule has 0 aliphatic carbocycles. The Balaban J connectivity index is 1.89. The van der Waals surface area contributed by atoms with Crippen LogP contribution in [0.25, 0.3) is 0 Å². The third kappa shape index (κ3) is 4.18. The molecule has 0 bridgehead atoms. The minimum absolute atomic E-state index is 0.233. The first-order valence-electron chi connectivity index (χ1n) is 7.13. The fraction of sp³-hybridized carbons (Fsp3) is 0.846. The molecular weight excluding hydrogens is 244 g/mol. The Bertz CT molecular complexity index is 363. The highest BCUT2D eigenvalue weighted by Gasteiger charge is 2.19. The SMILES string of the molecule is CCCNC(COC)Cc1nc(N2CCCC2)no1. The lowest BCUT2D eigenvalue weighted by Crippen LogP contribution is -2.35. The van der Waals surface area contributed by atoms with Gasteiger partial charge in [-0.25, -0.2) is 0 Å². The molecule has 0 saturated carbocycles. The quantitative estimate of drug-likeness (QED) is 0.765. The lowest BCUT2D eigenvalue weighted by Gasteiger charge is -2.15. The number of anilines is 1. The van der Waals surface area contributed by atoms with Crippen molar-refractivity contribution in [1.82, 2.24) is 15.5 Å². The molecule has 108 valence electrons. The van der Waals surface area contributed by atoms with E-state index in [1.54, 1.807) is 7.11 Å². The van der Waals surface area contributed by atoms with Crippen LogP contribution < -0.4 is 10.2 Å². The standard InChI is InChI=1S/C13H24N4O2/c1-3-6-14-11(10-18-2)9-12-15-13(16-19-12)17-7-4-5-8-17/h11,14H,3-10H2,1-2H3. The predicted octanol–water partition coefficient (Wildman–Crippen LogP) is 1.23. The molecule has 0 aromatic carbocycles. The first-order chi connectivity index (χ1) is 9.33. The molecule has 1 fully saturated rings. The number of rotatable bonds is 8. The van der Waals surface area contributed by atoms with Gasteiger partial charge in [-0.2, -0.15) is 4.98 Å². The van der Waals surface area contributed by atoms with Crippen LogP contribution in [-0.2, 0) is 11.2 Å². The Labute approximate surface area is 114 Å². The predicted molar refractivity (Wildman–Crippen MR) is 73.4 cm³/mol. The second kappa shape index (κ2) is 7.45. The molecule has 0 amide bonds. The van der Waals surface area contributed by atoms with E-state index >= 15 is 0 Å². The van der Waals surface area contributed by atoms with Crippen LogP contribution in [0.4, 0.5) is 5.95 Å². The van der Waals surface area contributed by atoms with Gasteiger partial charge in [0.2, 0.25) is 5.89 Å². The highest BCUT2D eigenvalue weighted by molar-refractivity contribution is 5.28. The van der Waals surface area contributed by atoms with Gasteiger partial charge < -0.3 is 19.5 Å². The Morgan fingerprint density at radius 2 is 2.21 bits per heavy atom. The van der Waals surface area contributed by atoms with Gasteiger partial charge in [-0.1, -0.05) is 6.92 Å². The summed E-state index contributed by atoms with van der Waals surface area (Å²) >= 11 is 0. The molecule has 1 unspecified atom stereocenters. The fourth-order valence-corrected chi connectivity index (χ4v) is 2.32. The maximum atomic E-state index is 5.34. The Morgan fingerprint density at radius 1 is 1.42 bits per heavy atom. The van der Waals surface area contributed by atoms with E-state index in [-0.39, 0.29) is 6.04 Å². The van der Waals surface area contributed by atoms with E-state index in [0.717, 1.165) is 32.0 Å². The van der Waals surface area contributed by atoms with Gasteiger partial charge in [-0.15, -0.1) is 0 Å². The zero-order chi connectivity index (χ0) is 13.5. The highest BCUT2D eigenvalue weighted by atomic mass is 16.5. The second-order valence-electron chi connectivity index (χ2n) is 4.99. The summed E-state index contributed by atoms with van der Waals surface area (Å²) in [5.74, 6) is 1.42. The van der Waals surface area contributed by atoms with Crippen LogP contribution in [0.5, 0.6) is 0 Å². The lowest BCUT2D eigenvalue weighted by molar-refractivity contribution is 0.161. The maximum absolute atomic E-state index is 5.34. The zero-order valence-corrected chi connectivity index (χ0v) is 11.9. The average molecular weight is 268 g/mol. The van der Waals surface area contributed by atoms with Crippen LogP contribution in [0.3, 0.4) is 0 Å². The molecule has 6 heteroatoms. The molecule has 6 nitrogen and oxygen atoms in total. The lowest BCUT2D eigenvalue weighted by atomic mass is 10.2. The largest absolute Gasteiger partial charge is 0.383 e. The van der Waals surface area contributed by atoms with E-state index in [1.165, 1.54) is 12.8 Å². The van der Waals surface area contributed by atoms with Crippen LogP contribution >= 0.6 is 0 Å². The molecule has 1 atom stereocenters. The van der Waals surface area contributed by atoms with Crippen LogP contribution in [-0.4, -0.2) is 49.5 Å². The summed E-state index contributed by atoms with van der Waals surface area (Å²) in [7, 11) is 1.71. The first-order valence-corrected chi connectivity index (χ1v) is 7.13. The van der Waals surface area contributed by atoms with Gasteiger partial charge in [0, 0.05) is 32.7 Å². The van der Waals surface area contributed by atoms with Gasteiger partial charge in [0.1, 0.15) is 0 Å². The number of aromatic nitrogens is 2. The molecule has 1 aliphatic heterocycles. The number of hydrogen-bond acceptors (Lipinski definition) is 6. The van der Waals surface area contributed by atoms with Crippen molar-refractivity contribution in [2.45, 2.75) is 38.6 Å². The summed E-state index contributed by atoms with van der Waals surface area (Å²) < 4.78 is 10.6. The van der Waals surface area contributed by atoms with Crippen LogP contribution in [0.15, 0.2) is 4.52 Å². The highest BCUT2D eigenvalue weighted by Crippen LogP contribution is 2.16. The van der Waals surface area contributed by atoms with Crippen LogP contribution in [0.2, 0.25) is 0 Å². The number of nitrogens with zero attached hydrogens (tertiary/aromatic N) is 3. The summed E-state index contributed by atoms with van der Waals surface area (Å²) in [6.45, 7) is 5.85. The van der Waals surface area contributed by atoms with Crippen molar-refractivity contribution >= 4 is 5.95 Å². The van der Waals surface area contributed by atoms with E-state index in [4.69, 9.17) is 9.26 Å². The molecule has 1 aliphatic rings. The number of methoxy groups -OCH3 is 1. The summed E-state index contributed by atoms with van der Waals surface area (Å²) in [6.07, 6.45) is 4.25. The number of hydrogen-bond donors (Lipinski definition) is 1. The molecule has 2 rings (SSSR count). The Kier molecular flexibility index (Phi) is 5.60. The number of nitrogens with one attached hydrogen (secondary N) is 1.